The van der Waals surface area contributed by atoms with Gasteiger partial charge in [0.1, 0.15) is 0 Å². The first-order valence-electron chi connectivity index (χ1n) is 4.32. The van der Waals surface area contributed by atoms with E-state index in [2.05, 4.69) is 10.3 Å². The lowest BCUT2D eigenvalue weighted by Crippen LogP contribution is -2.48. The normalized spacial score (nSPS) is 20.5. The molecule has 0 spiro atoms. The van der Waals surface area contributed by atoms with Crippen molar-refractivity contribution in [3.63, 3.8) is 0 Å². The molecule has 4 nitrogen and oxygen atoms in total. The summed E-state index contributed by atoms with van der Waals surface area (Å²) in [6, 6.07) is 0. The molecule has 66 valence electrons. The second-order valence-electron chi connectivity index (χ2n) is 3.78. The molecule has 2 N–H and O–H groups in total. The molecule has 1 aromatic rings. The van der Waals surface area contributed by atoms with E-state index in [4.69, 9.17) is 5.73 Å². The molecule has 2 rings (SSSR count). The van der Waals surface area contributed by atoms with E-state index in [-0.39, 0.29) is 5.54 Å². The van der Waals surface area contributed by atoms with Crippen molar-refractivity contribution < 1.29 is 0 Å². The molecule has 1 heterocycles. The summed E-state index contributed by atoms with van der Waals surface area (Å²) in [6.07, 6.45) is 6.33. The van der Waals surface area contributed by atoms with Gasteiger partial charge in [0, 0.05) is 25.2 Å². The predicted molar refractivity (Wildman–Crippen MR) is 45.5 cm³/mol. The highest BCUT2D eigenvalue weighted by Crippen LogP contribution is 2.31. The van der Waals surface area contributed by atoms with Crippen LogP contribution in [0.25, 0.3) is 0 Å². The zero-order valence-electron chi connectivity index (χ0n) is 7.32. The minimum Gasteiger partial charge on any atom is -0.325 e. The monoisotopic (exact) mass is 166 g/mol. The third-order valence-corrected chi connectivity index (χ3v) is 2.53. The van der Waals surface area contributed by atoms with Crippen molar-refractivity contribution in [3.05, 3.63) is 11.9 Å². The van der Waals surface area contributed by atoms with Gasteiger partial charge in [-0.3, -0.25) is 4.68 Å². The first-order valence-corrected chi connectivity index (χ1v) is 4.32. The molecule has 0 atom stereocenters. The minimum absolute atomic E-state index is 0.0238. The lowest BCUT2D eigenvalue weighted by Gasteiger charge is -2.37. The number of nitrogens with two attached hydrogens (primary N) is 1. The number of aromatic nitrogens is 3. The van der Waals surface area contributed by atoms with Crippen LogP contribution in [0.1, 0.15) is 25.0 Å². The molecule has 0 bridgehead atoms. The lowest BCUT2D eigenvalue weighted by molar-refractivity contribution is 0.245. The first-order chi connectivity index (χ1) is 5.68. The minimum atomic E-state index is 0.0238. The van der Waals surface area contributed by atoms with Crippen LogP contribution in [0.3, 0.4) is 0 Å². The number of rotatable bonds is 2. The van der Waals surface area contributed by atoms with Crippen molar-refractivity contribution in [1.29, 1.82) is 0 Å². The molecule has 1 aliphatic rings. The summed E-state index contributed by atoms with van der Waals surface area (Å²) in [6.45, 7) is 0. The topological polar surface area (TPSA) is 56.7 Å². The van der Waals surface area contributed by atoms with Gasteiger partial charge in [-0.2, -0.15) is 0 Å². The third kappa shape index (κ3) is 1.34. The molecule has 0 aliphatic heterocycles. The van der Waals surface area contributed by atoms with Gasteiger partial charge in [-0.05, 0) is 19.3 Å². The van der Waals surface area contributed by atoms with Crippen molar-refractivity contribution in [1.82, 2.24) is 15.0 Å². The maximum atomic E-state index is 6.07. The molecule has 0 unspecified atom stereocenters. The fourth-order valence-corrected chi connectivity index (χ4v) is 1.64. The molecule has 0 aromatic carbocycles. The Hall–Kier alpha value is -0.900. The Morgan fingerprint density at radius 1 is 1.67 bits per heavy atom. The Balaban J connectivity index is 2.03. The Morgan fingerprint density at radius 2 is 2.42 bits per heavy atom. The fraction of sp³-hybridized carbons (Fsp3) is 0.750. The summed E-state index contributed by atoms with van der Waals surface area (Å²) >= 11 is 0. The van der Waals surface area contributed by atoms with E-state index >= 15 is 0 Å². The van der Waals surface area contributed by atoms with Crippen LogP contribution in [0.4, 0.5) is 0 Å². The van der Waals surface area contributed by atoms with Crippen LogP contribution in [-0.4, -0.2) is 20.5 Å². The number of aryl methyl sites for hydroxylation is 1. The average Bonchev–Trinajstić information content (AvgIpc) is 2.32. The van der Waals surface area contributed by atoms with E-state index in [9.17, 15) is 0 Å². The van der Waals surface area contributed by atoms with Crippen LogP contribution in [0.5, 0.6) is 0 Å². The van der Waals surface area contributed by atoms with Crippen LogP contribution in [0.2, 0.25) is 0 Å². The van der Waals surface area contributed by atoms with E-state index < -0.39 is 0 Å². The molecule has 1 aromatic heterocycles. The molecule has 0 saturated heterocycles. The Bertz CT molecular complexity index is 274. The molecular weight excluding hydrogens is 152 g/mol. The van der Waals surface area contributed by atoms with Gasteiger partial charge in [-0.15, -0.1) is 5.10 Å². The highest BCUT2D eigenvalue weighted by Gasteiger charge is 2.33. The summed E-state index contributed by atoms with van der Waals surface area (Å²) in [7, 11) is 1.88. The summed E-state index contributed by atoms with van der Waals surface area (Å²) in [5.41, 5.74) is 7.10. The number of hydrogen-bond donors (Lipinski definition) is 1. The summed E-state index contributed by atoms with van der Waals surface area (Å²) in [5.74, 6) is 0. The Kier molecular flexibility index (Phi) is 1.65. The average molecular weight is 166 g/mol. The van der Waals surface area contributed by atoms with Gasteiger partial charge in [-0.1, -0.05) is 5.21 Å². The first kappa shape index (κ1) is 7.73. The quantitative estimate of drug-likeness (QED) is 0.684. The maximum absolute atomic E-state index is 6.07. The summed E-state index contributed by atoms with van der Waals surface area (Å²) < 4.78 is 1.72. The van der Waals surface area contributed by atoms with Gasteiger partial charge in [0.2, 0.25) is 0 Å². The maximum Gasteiger partial charge on any atom is 0.0845 e. The fourth-order valence-electron chi connectivity index (χ4n) is 1.64. The van der Waals surface area contributed by atoms with Gasteiger partial charge in [0.15, 0.2) is 0 Å². The largest absolute Gasteiger partial charge is 0.325 e. The zero-order valence-corrected chi connectivity index (χ0v) is 7.32. The molecule has 1 fully saturated rings. The van der Waals surface area contributed by atoms with E-state index in [0.717, 1.165) is 25.0 Å². The van der Waals surface area contributed by atoms with Crippen LogP contribution in [0.15, 0.2) is 6.20 Å². The van der Waals surface area contributed by atoms with E-state index in [1.54, 1.807) is 4.68 Å². The van der Waals surface area contributed by atoms with Crippen LogP contribution in [-0.2, 0) is 13.5 Å². The molecular formula is C8H14N4. The van der Waals surface area contributed by atoms with Gasteiger partial charge in [0.05, 0.1) is 5.69 Å². The van der Waals surface area contributed by atoms with Crippen molar-refractivity contribution >= 4 is 0 Å². The Morgan fingerprint density at radius 3 is 2.83 bits per heavy atom. The number of hydrogen-bond acceptors (Lipinski definition) is 3. The molecule has 0 amide bonds. The van der Waals surface area contributed by atoms with Crippen molar-refractivity contribution in [3.8, 4) is 0 Å². The number of nitrogens with zero attached hydrogens (tertiary/aromatic N) is 3. The highest BCUT2D eigenvalue weighted by molar-refractivity contribution is 5.05. The second-order valence-corrected chi connectivity index (χ2v) is 3.78. The molecule has 1 saturated carbocycles. The SMILES string of the molecule is Cn1cc(CC2(N)CCC2)nn1. The van der Waals surface area contributed by atoms with Gasteiger partial charge in [-0.25, -0.2) is 0 Å². The molecule has 4 heteroatoms. The Labute approximate surface area is 71.8 Å². The van der Waals surface area contributed by atoms with Crippen molar-refractivity contribution in [2.45, 2.75) is 31.2 Å². The highest BCUT2D eigenvalue weighted by atomic mass is 15.4. The molecule has 1 aliphatic carbocycles. The van der Waals surface area contributed by atoms with Gasteiger partial charge < -0.3 is 5.73 Å². The van der Waals surface area contributed by atoms with Gasteiger partial charge >= 0.3 is 0 Å². The van der Waals surface area contributed by atoms with Gasteiger partial charge in [0.25, 0.3) is 0 Å². The van der Waals surface area contributed by atoms with E-state index in [1.165, 1.54) is 6.42 Å². The third-order valence-electron chi connectivity index (χ3n) is 2.53. The smallest absolute Gasteiger partial charge is 0.0845 e. The molecule has 0 radical (unpaired) electrons. The zero-order chi connectivity index (χ0) is 8.60. The summed E-state index contributed by atoms with van der Waals surface area (Å²) in [5, 5.41) is 7.89. The van der Waals surface area contributed by atoms with Crippen molar-refractivity contribution in [2.24, 2.45) is 12.8 Å². The van der Waals surface area contributed by atoms with E-state index in [1.807, 2.05) is 13.2 Å². The van der Waals surface area contributed by atoms with Crippen LogP contribution >= 0.6 is 0 Å². The van der Waals surface area contributed by atoms with Crippen LogP contribution < -0.4 is 5.73 Å². The predicted octanol–water partition coefficient (Wildman–Crippen LogP) is 0.239. The standard InChI is InChI=1S/C8H14N4/c1-12-6-7(10-11-12)5-8(9)3-2-4-8/h6H,2-5,9H2,1H3. The molecule has 12 heavy (non-hydrogen) atoms. The van der Waals surface area contributed by atoms with Crippen molar-refractivity contribution in [2.75, 3.05) is 0 Å². The lowest BCUT2D eigenvalue weighted by atomic mass is 9.75. The second kappa shape index (κ2) is 2.55. The summed E-state index contributed by atoms with van der Waals surface area (Å²) in [4.78, 5) is 0. The van der Waals surface area contributed by atoms with Crippen LogP contribution in [0, 0.1) is 0 Å². The van der Waals surface area contributed by atoms with E-state index in [0.29, 0.717) is 0 Å².